The van der Waals surface area contributed by atoms with Crippen LogP contribution in [0.3, 0.4) is 0 Å². The largest absolute Gasteiger partial charge is 0.457 e. The number of aliphatic hydroxyl groups is 1. The maximum atomic E-state index is 14.7. The van der Waals surface area contributed by atoms with Crippen LogP contribution in [0.1, 0.15) is 32.8 Å². The number of aliphatic hydroxyl groups excluding tert-OH is 1. The van der Waals surface area contributed by atoms with Gasteiger partial charge in [-0.3, -0.25) is 14.6 Å². The van der Waals surface area contributed by atoms with Crippen molar-refractivity contribution in [3.8, 4) is 22.8 Å². The molecular weight excluding hydrogens is 475 g/mol. The fourth-order valence-corrected chi connectivity index (χ4v) is 3.48. The Bertz CT molecular complexity index is 1380. The molecule has 9 nitrogen and oxygen atoms in total. The van der Waals surface area contributed by atoms with Gasteiger partial charge < -0.3 is 20.5 Å². The Morgan fingerprint density at radius 2 is 1.89 bits per heavy atom. The molecule has 192 valence electrons. The van der Waals surface area contributed by atoms with E-state index in [9.17, 15) is 9.18 Å². The second-order valence-corrected chi connectivity index (χ2v) is 9.48. The summed E-state index contributed by atoms with van der Waals surface area (Å²) in [7, 11) is 0. The Kier molecular flexibility index (Phi) is 7.78. The SMILES string of the molecule is CC(C)(C)c1cncc(NC(=O)Nc2ccc(Oc3ccnc(-c4cnn(CCCO)c4)c3)cc2F)c1. The van der Waals surface area contributed by atoms with E-state index in [0.717, 1.165) is 11.1 Å². The minimum atomic E-state index is -0.645. The van der Waals surface area contributed by atoms with Gasteiger partial charge in [-0.2, -0.15) is 5.10 Å². The number of nitrogens with zero attached hydrogens (tertiary/aromatic N) is 4. The van der Waals surface area contributed by atoms with E-state index >= 15 is 0 Å². The van der Waals surface area contributed by atoms with E-state index in [0.29, 0.717) is 30.1 Å². The molecule has 0 saturated carbocycles. The van der Waals surface area contributed by atoms with Crippen molar-refractivity contribution in [1.82, 2.24) is 19.7 Å². The quantitative estimate of drug-likeness (QED) is 0.288. The van der Waals surface area contributed by atoms with Gasteiger partial charge >= 0.3 is 6.03 Å². The molecule has 3 heterocycles. The molecule has 0 saturated heterocycles. The molecule has 4 aromatic rings. The molecule has 1 aromatic carbocycles. The van der Waals surface area contributed by atoms with Crippen molar-refractivity contribution in [1.29, 1.82) is 0 Å². The van der Waals surface area contributed by atoms with Crippen LogP contribution in [0.2, 0.25) is 0 Å². The number of nitrogens with one attached hydrogen (secondary N) is 2. The van der Waals surface area contributed by atoms with Gasteiger partial charge in [0.2, 0.25) is 0 Å². The normalized spacial score (nSPS) is 11.3. The van der Waals surface area contributed by atoms with Crippen LogP contribution >= 0.6 is 0 Å². The molecule has 10 heteroatoms. The third-order valence-corrected chi connectivity index (χ3v) is 5.49. The number of aryl methyl sites for hydroxylation is 1. The lowest BCUT2D eigenvalue weighted by Gasteiger charge is -2.19. The fraction of sp³-hybridized carbons (Fsp3) is 0.259. The smallest absolute Gasteiger partial charge is 0.323 e. The molecular formula is C27H29FN6O3. The first kappa shape index (κ1) is 25.8. The van der Waals surface area contributed by atoms with Crippen molar-refractivity contribution >= 4 is 17.4 Å². The number of amides is 2. The number of rotatable bonds is 8. The molecule has 0 bridgehead atoms. The summed E-state index contributed by atoms with van der Waals surface area (Å²) in [4.78, 5) is 20.9. The first-order valence-electron chi connectivity index (χ1n) is 11.8. The molecule has 0 spiro atoms. The van der Waals surface area contributed by atoms with Gasteiger partial charge in [-0.05, 0) is 41.7 Å². The Morgan fingerprint density at radius 1 is 1.08 bits per heavy atom. The zero-order valence-electron chi connectivity index (χ0n) is 20.9. The Labute approximate surface area is 214 Å². The minimum Gasteiger partial charge on any atom is -0.457 e. The molecule has 0 fully saturated rings. The third-order valence-electron chi connectivity index (χ3n) is 5.49. The predicted octanol–water partition coefficient (Wildman–Crippen LogP) is 5.60. The highest BCUT2D eigenvalue weighted by molar-refractivity contribution is 5.99. The summed E-state index contributed by atoms with van der Waals surface area (Å²) < 4.78 is 22.3. The van der Waals surface area contributed by atoms with Crippen molar-refractivity contribution < 1.29 is 19.0 Å². The maximum Gasteiger partial charge on any atom is 0.323 e. The van der Waals surface area contributed by atoms with Crippen molar-refractivity contribution in [2.45, 2.75) is 39.2 Å². The first-order chi connectivity index (χ1) is 17.7. The summed E-state index contributed by atoms with van der Waals surface area (Å²) in [6.45, 7) is 6.84. The molecule has 0 aliphatic heterocycles. The molecule has 0 atom stereocenters. The van der Waals surface area contributed by atoms with Gasteiger partial charge in [0.1, 0.15) is 17.3 Å². The number of carbonyl (C=O) groups is 1. The molecule has 3 aromatic heterocycles. The second kappa shape index (κ2) is 11.2. The standard InChI is InChI=1S/C27H29FN6O3/c1-27(2,3)19-11-20(16-29-15-19)32-26(36)33-24-6-5-21(12-23(24)28)37-22-7-8-30-25(13-22)18-14-31-34(17-18)9-4-10-35/h5-8,11-17,35H,4,9-10H2,1-3H3,(H2,32,33,36). The number of pyridine rings is 2. The van der Waals surface area contributed by atoms with Crippen molar-refractivity contribution in [2.75, 3.05) is 17.2 Å². The van der Waals surface area contributed by atoms with E-state index < -0.39 is 11.8 Å². The lowest BCUT2D eigenvalue weighted by atomic mass is 9.88. The average Bonchev–Trinajstić information content (AvgIpc) is 3.33. The highest BCUT2D eigenvalue weighted by Crippen LogP contribution is 2.28. The number of halogens is 1. The summed E-state index contributed by atoms with van der Waals surface area (Å²) >= 11 is 0. The lowest BCUT2D eigenvalue weighted by Crippen LogP contribution is -2.21. The van der Waals surface area contributed by atoms with E-state index in [2.05, 4.69) is 25.7 Å². The van der Waals surface area contributed by atoms with Gasteiger partial charge in [0.05, 0.1) is 29.5 Å². The Morgan fingerprint density at radius 3 is 2.65 bits per heavy atom. The molecule has 37 heavy (non-hydrogen) atoms. The maximum absolute atomic E-state index is 14.7. The van der Waals surface area contributed by atoms with E-state index in [1.807, 2.05) is 33.0 Å². The predicted molar refractivity (Wildman–Crippen MR) is 139 cm³/mol. The van der Waals surface area contributed by atoms with Crippen LogP contribution in [-0.4, -0.2) is 37.5 Å². The number of ether oxygens (including phenoxy) is 1. The zero-order valence-corrected chi connectivity index (χ0v) is 20.9. The topological polar surface area (TPSA) is 114 Å². The second-order valence-electron chi connectivity index (χ2n) is 9.48. The van der Waals surface area contributed by atoms with E-state index in [-0.39, 0.29) is 23.5 Å². The number of carbonyl (C=O) groups excluding carboxylic acids is 1. The Balaban J connectivity index is 1.40. The van der Waals surface area contributed by atoms with Crippen LogP contribution in [0.15, 0.2) is 67.4 Å². The van der Waals surface area contributed by atoms with Crippen LogP contribution in [0, 0.1) is 5.82 Å². The van der Waals surface area contributed by atoms with Gasteiger partial charge in [-0.1, -0.05) is 20.8 Å². The zero-order chi connectivity index (χ0) is 26.4. The van der Waals surface area contributed by atoms with Crippen molar-refractivity contribution in [3.05, 3.63) is 78.8 Å². The third kappa shape index (κ3) is 6.89. The van der Waals surface area contributed by atoms with Gasteiger partial charge in [0.15, 0.2) is 0 Å². The van der Waals surface area contributed by atoms with Crippen LogP contribution in [0.25, 0.3) is 11.3 Å². The number of hydrogen-bond donors (Lipinski definition) is 3. The first-order valence-corrected chi connectivity index (χ1v) is 11.8. The molecule has 0 radical (unpaired) electrons. The summed E-state index contributed by atoms with van der Waals surface area (Å²) in [5, 5.41) is 18.4. The number of aromatic nitrogens is 4. The number of hydrogen-bond acceptors (Lipinski definition) is 6. The molecule has 3 N–H and O–H groups in total. The molecule has 0 unspecified atom stereocenters. The number of anilines is 2. The average molecular weight is 505 g/mol. The summed E-state index contributed by atoms with van der Waals surface area (Å²) in [6, 6.07) is 8.84. The van der Waals surface area contributed by atoms with E-state index in [1.165, 1.54) is 18.3 Å². The van der Waals surface area contributed by atoms with Crippen LogP contribution in [-0.2, 0) is 12.0 Å². The highest BCUT2D eigenvalue weighted by Gasteiger charge is 2.16. The van der Waals surface area contributed by atoms with Gasteiger partial charge in [-0.25, -0.2) is 9.18 Å². The van der Waals surface area contributed by atoms with E-state index in [1.54, 1.807) is 41.5 Å². The van der Waals surface area contributed by atoms with Crippen molar-refractivity contribution in [2.24, 2.45) is 0 Å². The lowest BCUT2D eigenvalue weighted by molar-refractivity contribution is 0.262. The monoisotopic (exact) mass is 504 g/mol. The van der Waals surface area contributed by atoms with Crippen molar-refractivity contribution in [3.63, 3.8) is 0 Å². The van der Waals surface area contributed by atoms with Crippen LogP contribution in [0.5, 0.6) is 11.5 Å². The van der Waals surface area contributed by atoms with Gasteiger partial charge in [0.25, 0.3) is 0 Å². The van der Waals surface area contributed by atoms with Gasteiger partial charge in [-0.15, -0.1) is 0 Å². The van der Waals surface area contributed by atoms with Crippen LogP contribution < -0.4 is 15.4 Å². The van der Waals surface area contributed by atoms with Gasteiger partial charge in [0, 0.05) is 49.4 Å². The highest BCUT2D eigenvalue weighted by atomic mass is 19.1. The fourth-order valence-electron chi connectivity index (χ4n) is 3.48. The summed E-state index contributed by atoms with van der Waals surface area (Å²) in [5.41, 5.74) is 2.80. The Hall–Kier alpha value is -4.31. The molecule has 2 amide bonds. The number of benzene rings is 1. The summed E-state index contributed by atoms with van der Waals surface area (Å²) in [6.07, 6.45) is 9.00. The molecule has 0 aliphatic carbocycles. The minimum absolute atomic E-state index is 0.00972. The summed E-state index contributed by atoms with van der Waals surface area (Å²) in [5.74, 6) is 0.0900. The molecule has 4 rings (SSSR count). The van der Waals surface area contributed by atoms with Crippen LogP contribution in [0.4, 0.5) is 20.6 Å². The number of urea groups is 1. The molecule has 0 aliphatic rings. The van der Waals surface area contributed by atoms with E-state index in [4.69, 9.17) is 9.84 Å².